The highest BCUT2D eigenvalue weighted by Crippen LogP contribution is 2.38. The lowest BCUT2D eigenvalue weighted by molar-refractivity contribution is -0.166. The number of fused-ring (bicyclic) bond motifs is 1. The van der Waals surface area contributed by atoms with Crippen molar-refractivity contribution in [3.8, 4) is 0 Å². The van der Waals surface area contributed by atoms with E-state index in [1.165, 1.54) is 19.9 Å². The number of carbonyl (C=O) groups excluding carboxylic acids is 4. The summed E-state index contributed by atoms with van der Waals surface area (Å²) in [5.41, 5.74) is -0.213. The number of hydrogen-bond acceptors (Lipinski definition) is 10. The van der Waals surface area contributed by atoms with Crippen LogP contribution in [0.4, 0.5) is 0 Å². The van der Waals surface area contributed by atoms with E-state index in [1.807, 2.05) is 0 Å². The van der Waals surface area contributed by atoms with Gasteiger partial charge in [0, 0.05) is 23.1 Å². The Morgan fingerprint density at radius 1 is 1.12 bits per heavy atom. The lowest BCUT2D eigenvalue weighted by Gasteiger charge is -2.34. The molecule has 1 heterocycles. The topological polar surface area (TPSA) is 146 Å². The van der Waals surface area contributed by atoms with E-state index in [0.29, 0.717) is 0 Å². The van der Waals surface area contributed by atoms with Crippen LogP contribution in [0.1, 0.15) is 20.3 Å². The number of ether oxygens (including phenoxy) is 4. The largest absolute Gasteiger partial charge is 0.466 e. The molecule has 1 aliphatic carbocycles. The van der Waals surface area contributed by atoms with Gasteiger partial charge in [-0.1, -0.05) is 19.7 Å². The lowest BCUT2D eigenvalue weighted by Crippen LogP contribution is -2.47. The lowest BCUT2D eigenvalue weighted by atomic mass is 9.83. The maximum atomic E-state index is 12.7. The van der Waals surface area contributed by atoms with Gasteiger partial charge in [-0.3, -0.25) is 0 Å². The summed E-state index contributed by atoms with van der Waals surface area (Å²) in [4.78, 5) is 50.2. The van der Waals surface area contributed by atoms with E-state index in [-0.39, 0.29) is 34.3 Å². The van der Waals surface area contributed by atoms with Crippen molar-refractivity contribution < 1.29 is 48.3 Å². The van der Waals surface area contributed by atoms with Crippen LogP contribution in [-0.4, -0.2) is 72.2 Å². The van der Waals surface area contributed by atoms with Gasteiger partial charge in [-0.05, 0) is 31.6 Å². The zero-order chi connectivity index (χ0) is 25.7. The molecular weight excluding hydrogens is 448 g/mol. The molecule has 0 radical (unpaired) electrons. The minimum atomic E-state index is -1.64. The Hall–Kier alpha value is -3.50. The SMILES string of the molecule is C=C(C)C(=O)O[C@@H]1[C@H]2C(=C)C(=O)O[C@@H]2/C=C(/CO)C[C@@H](O)/C=C(/C(=O)OC)[C@@H]1OC(=O)C(=C)C. The van der Waals surface area contributed by atoms with Crippen LogP contribution in [0.3, 0.4) is 0 Å². The first-order chi connectivity index (χ1) is 15.9. The highest BCUT2D eigenvalue weighted by atomic mass is 16.6. The average Bonchev–Trinajstić information content (AvgIpc) is 3.05. The van der Waals surface area contributed by atoms with Crippen LogP contribution in [0.5, 0.6) is 0 Å². The van der Waals surface area contributed by atoms with Crippen LogP contribution in [0, 0.1) is 5.92 Å². The van der Waals surface area contributed by atoms with Crippen molar-refractivity contribution in [3.05, 3.63) is 59.8 Å². The van der Waals surface area contributed by atoms with E-state index < -0.39 is 60.8 Å². The normalized spacial score (nSPS) is 29.9. The minimum absolute atomic E-state index is 0.00954. The maximum absolute atomic E-state index is 12.7. The number of rotatable bonds is 6. The summed E-state index contributed by atoms with van der Waals surface area (Å²) in [6.07, 6.45) is -3.27. The summed E-state index contributed by atoms with van der Waals surface area (Å²) in [6, 6.07) is 0. The zero-order valence-corrected chi connectivity index (χ0v) is 19.2. The molecule has 0 aromatic heterocycles. The average molecular weight is 476 g/mol. The Labute approximate surface area is 196 Å². The van der Waals surface area contributed by atoms with Crippen LogP contribution in [0.25, 0.3) is 0 Å². The third-order valence-corrected chi connectivity index (χ3v) is 5.26. The summed E-state index contributed by atoms with van der Waals surface area (Å²) >= 11 is 0. The summed E-state index contributed by atoms with van der Waals surface area (Å²) < 4.78 is 21.3. The molecule has 1 saturated heterocycles. The molecule has 34 heavy (non-hydrogen) atoms. The Morgan fingerprint density at radius 3 is 2.24 bits per heavy atom. The van der Waals surface area contributed by atoms with Gasteiger partial charge in [0.1, 0.15) is 6.10 Å². The molecule has 2 N–H and O–H groups in total. The van der Waals surface area contributed by atoms with E-state index in [9.17, 15) is 29.4 Å². The van der Waals surface area contributed by atoms with Gasteiger partial charge in [0.25, 0.3) is 0 Å². The van der Waals surface area contributed by atoms with Gasteiger partial charge < -0.3 is 29.2 Å². The van der Waals surface area contributed by atoms with Crippen molar-refractivity contribution in [1.82, 2.24) is 0 Å². The van der Waals surface area contributed by atoms with E-state index >= 15 is 0 Å². The Balaban J connectivity index is 2.82. The standard InChI is InChI=1S/C24H28O10/c1-11(2)21(27)33-19-16(24(30)31-6)9-15(26)7-14(10-25)8-17-18(13(5)23(29)32-17)20(19)34-22(28)12(3)4/h8-9,15,17-20,25-26H,1,3,5,7,10H2,2,4,6H3/b14-8+,16-9+/t15-,17-,18+,19+,20-/m1/s1. The van der Waals surface area contributed by atoms with Crippen LogP contribution in [0.15, 0.2) is 59.8 Å². The van der Waals surface area contributed by atoms with E-state index in [1.54, 1.807) is 0 Å². The first-order valence-electron chi connectivity index (χ1n) is 10.3. The van der Waals surface area contributed by atoms with Crippen LogP contribution in [-0.2, 0) is 38.1 Å². The summed E-state index contributed by atoms with van der Waals surface area (Å²) in [7, 11) is 1.07. The molecule has 1 aliphatic heterocycles. The second-order valence-electron chi connectivity index (χ2n) is 8.05. The minimum Gasteiger partial charge on any atom is -0.466 e. The number of methoxy groups -OCH3 is 1. The molecule has 10 nitrogen and oxygen atoms in total. The number of aliphatic hydroxyl groups excluding tert-OH is 2. The molecular formula is C24H28O10. The number of hydrogen-bond donors (Lipinski definition) is 2. The molecule has 2 aliphatic rings. The molecule has 0 saturated carbocycles. The van der Waals surface area contributed by atoms with Crippen molar-refractivity contribution >= 4 is 23.9 Å². The second kappa shape index (κ2) is 11.1. The molecule has 0 aromatic carbocycles. The summed E-state index contributed by atoms with van der Waals surface area (Å²) in [6.45, 7) is 13.0. The Bertz CT molecular complexity index is 986. The molecule has 184 valence electrons. The molecule has 0 bridgehead atoms. The fourth-order valence-electron chi connectivity index (χ4n) is 3.55. The van der Waals surface area contributed by atoms with Crippen molar-refractivity contribution in [3.63, 3.8) is 0 Å². The Morgan fingerprint density at radius 2 is 1.71 bits per heavy atom. The van der Waals surface area contributed by atoms with E-state index in [4.69, 9.17) is 18.9 Å². The fourth-order valence-corrected chi connectivity index (χ4v) is 3.55. The monoisotopic (exact) mass is 476 g/mol. The van der Waals surface area contributed by atoms with Gasteiger partial charge in [-0.2, -0.15) is 0 Å². The van der Waals surface area contributed by atoms with Crippen molar-refractivity contribution in [2.45, 2.75) is 44.7 Å². The van der Waals surface area contributed by atoms with Gasteiger partial charge >= 0.3 is 23.9 Å². The number of esters is 4. The van der Waals surface area contributed by atoms with Crippen molar-refractivity contribution in [2.24, 2.45) is 5.92 Å². The fraction of sp³-hybridized carbons (Fsp3) is 0.417. The van der Waals surface area contributed by atoms with Gasteiger partial charge in [-0.25, -0.2) is 19.2 Å². The van der Waals surface area contributed by atoms with E-state index in [0.717, 1.165) is 13.2 Å². The number of carbonyl (C=O) groups is 4. The predicted octanol–water partition coefficient (Wildman–Crippen LogP) is 0.843. The van der Waals surface area contributed by atoms with Crippen molar-refractivity contribution in [2.75, 3.05) is 13.7 Å². The first kappa shape index (κ1) is 26.7. The predicted molar refractivity (Wildman–Crippen MR) is 118 cm³/mol. The first-order valence-corrected chi connectivity index (χ1v) is 10.3. The molecule has 0 unspecified atom stereocenters. The smallest absolute Gasteiger partial charge is 0.337 e. The van der Waals surface area contributed by atoms with Gasteiger partial charge in [0.05, 0.1) is 31.3 Å². The summed E-state index contributed by atoms with van der Waals surface area (Å²) in [5, 5.41) is 20.3. The van der Waals surface area contributed by atoms with Gasteiger partial charge in [0.15, 0.2) is 12.2 Å². The van der Waals surface area contributed by atoms with Gasteiger partial charge in [-0.15, -0.1) is 0 Å². The van der Waals surface area contributed by atoms with Gasteiger partial charge in [0.2, 0.25) is 0 Å². The highest BCUT2D eigenvalue weighted by Gasteiger charge is 2.51. The zero-order valence-electron chi connectivity index (χ0n) is 19.2. The van der Waals surface area contributed by atoms with Crippen LogP contribution < -0.4 is 0 Å². The quantitative estimate of drug-likeness (QED) is 0.245. The molecule has 0 aromatic rings. The second-order valence-corrected chi connectivity index (χ2v) is 8.05. The molecule has 1 fully saturated rings. The highest BCUT2D eigenvalue weighted by molar-refractivity contribution is 5.94. The van der Waals surface area contributed by atoms with Crippen LogP contribution >= 0.6 is 0 Å². The van der Waals surface area contributed by atoms with E-state index in [2.05, 4.69) is 19.7 Å². The third kappa shape index (κ3) is 5.89. The molecule has 0 spiro atoms. The van der Waals surface area contributed by atoms with Crippen molar-refractivity contribution in [1.29, 1.82) is 0 Å². The summed E-state index contributed by atoms with van der Waals surface area (Å²) in [5.74, 6) is -4.75. The third-order valence-electron chi connectivity index (χ3n) is 5.26. The maximum Gasteiger partial charge on any atom is 0.337 e. The molecule has 0 amide bonds. The van der Waals surface area contributed by atoms with Crippen LogP contribution in [0.2, 0.25) is 0 Å². The molecule has 5 atom stereocenters. The molecule has 2 rings (SSSR count). The number of aliphatic hydroxyl groups is 2. The molecule has 10 heteroatoms. The Kier molecular flexibility index (Phi) is 8.72.